The van der Waals surface area contributed by atoms with Crippen LogP contribution >= 0.6 is 12.6 Å². The molecule has 2 nitrogen and oxygen atoms in total. The third-order valence-electron chi connectivity index (χ3n) is 0.955. The fourth-order valence-electron chi connectivity index (χ4n) is 0.591. The molecule has 0 saturated carbocycles. The molecule has 0 aliphatic carbocycles. The lowest BCUT2D eigenvalue weighted by Crippen LogP contribution is -2.02. The number of aliphatic hydroxyl groups is 1. The lowest BCUT2D eigenvalue weighted by molar-refractivity contribution is 0.120. The van der Waals surface area contributed by atoms with Gasteiger partial charge in [0.15, 0.2) is 0 Å². The van der Waals surface area contributed by atoms with Gasteiger partial charge in [-0.05, 0) is 0 Å². The minimum Gasteiger partial charge on any atom is -0.391 e. The molecule has 0 unspecified atom stereocenters. The van der Waals surface area contributed by atoms with Gasteiger partial charge in [0.25, 0.3) is 0 Å². The van der Waals surface area contributed by atoms with E-state index in [1.165, 1.54) is 0 Å². The lowest BCUT2D eigenvalue weighted by atomic mass is 10.3. The smallest absolute Gasteiger partial charge is 0.103 e. The summed E-state index contributed by atoms with van der Waals surface area (Å²) in [6, 6.07) is 0. The first-order valence-electron chi connectivity index (χ1n) is 2.27. The van der Waals surface area contributed by atoms with Gasteiger partial charge in [-0.2, -0.15) is 0 Å². The maximum atomic E-state index is 8.73. The summed E-state index contributed by atoms with van der Waals surface area (Å²) >= 11 is 3.97. The van der Waals surface area contributed by atoms with Crippen molar-refractivity contribution in [3.63, 3.8) is 0 Å². The SMILES string of the molecule is O[C@H]1CO[C@H](S)C1. The minimum atomic E-state index is -0.275. The first-order valence-corrected chi connectivity index (χ1v) is 2.78. The molecule has 1 N–H and O–H groups in total. The maximum absolute atomic E-state index is 8.73. The first-order chi connectivity index (χ1) is 3.29. The van der Waals surface area contributed by atoms with Crippen LogP contribution in [0.1, 0.15) is 6.42 Å². The molecule has 0 aromatic carbocycles. The quantitative estimate of drug-likeness (QED) is 0.441. The summed E-state index contributed by atoms with van der Waals surface area (Å²) in [5, 5.41) is 8.73. The van der Waals surface area contributed by atoms with Crippen LogP contribution in [0, 0.1) is 0 Å². The maximum Gasteiger partial charge on any atom is 0.103 e. The molecule has 1 heterocycles. The Bertz CT molecular complexity index is 58.7. The Morgan fingerprint density at radius 3 is 2.57 bits per heavy atom. The zero-order chi connectivity index (χ0) is 5.28. The van der Waals surface area contributed by atoms with E-state index in [4.69, 9.17) is 9.84 Å². The van der Waals surface area contributed by atoms with Crippen LogP contribution < -0.4 is 0 Å². The average Bonchev–Trinajstić information content (AvgIpc) is 1.87. The number of aliphatic hydroxyl groups excluding tert-OH is 1. The summed E-state index contributed by atoms with van der Waals surface area (Å²) in [4.78, 5) is 0. The largest absolute Gasteiger partial charge is 0.391 e. The van der Waals surface area contributed by atoms with Crippen LogP contribution in [-0.2, 0) is 4.74 Å². The number of ether oxygens (including phenoxy) is 1. The van der Waals surface area contributed by atoms with Gasteiger partial charge in [0.1, 0.15) is 5.44 Å². The van der Waals surface area contributed by atoms with E-state index in [0.717, 1.165) is 0 Å². The summed E-state index contributed by atoms with van der Waals surface area (Å²) in [6.45, 7) is 0.453. The fraction of sp³-hybridized carbons (Fsp3) is 1.00. The van der Waals surface area contributed by atoms with Crippen LogP contribution in [-0.4, -0.2) is 23.3 Å². The third-order valence-corrected chi connectivity index (χ3v) is 1.31. The van der Waals surface area contributed by atoms with E-state index < -0.39 is 0 Å². The predicted molar refractivity (Wildman–Crippen MR) is 29.3 cm³/mol. The van der Waals surface area contributed by atoms with Crippen LogP contribution in [0.5, 0.6) is 0 Å². The van der Waals surface area contributed by atoms with Crippen molar-refractivity contribution in [2.75, 3.05) is 6.61 Å². The van der Waals surface area contributed by atoms with Gasteiger partial charge in [-0.3, -0.25) is 0 Å². The summed E-state index contributed by atoms with van der Waals surface area (Å²) in [7, 11) is 0. The minimum absolute atomic E-state index is 0.0324. The second kappa shape index (κ2) is 2.03. The zero-order valence-electron chi connectivity index (χ0n) is 3.87. The van der Waals surface area contributed by atoms with E-state index in [0.29, 0.717) is 13.0 Å². The Kier molecular flexibility index (Phi) is 1.57. The Morgan fingerprint density at radius 2 is 2.43 bits per heavy atom. The molecule has 1 saturated heterocycles. The Hall–Kier alpha value is 0.270. The predicted octanol–water partition coefficient (Wildman–Crippen LogP) is 0.0235. The van der Waals surface area contributed by atoms with Crippen molar-refractivity contribution in [2.45, 2.75) is 18.0 Å². The normalized spacial score (nSPS) is 42.0. The summed E-state index contributed by atoms with van der Waals surface area (Å²) < 4.78 is 4.88. The third kappa shape index (κ3) is 1.33. The molecule has 1 rings (SSSR count). The average molecular weight is 120 g/mol. The highest BCUT2D eigenvalue weighted by molar-refractivity contribution is 7.80. The van der Waals surface area contributed by atoms with E-state index >= 15 is 0 Å². The van der Waals surface area contributed by atoms with Crippen LogP contribution in [0.2, 0.25) is 0 Å². The molecule has 0 bridgehead atoms. The van der Waals surface area contributed by atoms with Crippen molar-refractivity contribution in [3.05, 3.63) is 0 Å². The van der Waals surface area contributed by atoms with Gasteiger partial charge in [0.2, 0.25) is 0 Å². The monoisotopic (exact) mass is 120 g/mol. The number of rotatable bonds is 0. The van der Waals surface area contributed by atoms with Crippen molar-refractivity contribution in [3.8, 4) is 0 Å². The van der Waals surface area contributed by atoms with E-state index in [1.807, 2.05) is 0 Å². The van der Waals surface area contributed by atoms with Gasteiger partial charge in [-0.1, -0.05) is 0 Å². The Labute approximate surface area is 47.9 Å². The van der Waals surface area contributed by atoms with Crippen molar-refractivity contribution in [1.29, 1.82) is 0 Å². The standard InChI is InChI=1S/C4H8O2S/c5-3-1-4(7)6-2-3/h3-5,7H,1-2H2/t3-,4-/m1/s1. The summed E-state index contributed by atoms with van der Waals surface area (Å²) in [5.41, 5.74) is -0.0324. The molecular weight excluding hydrogens is 112 g/mol. The van der Waals surface area contributed by atoms with E-state index in [2.05, 4.69) is 12.6 Å². The van der Waals surface area contributed by atoms with Crippen LogP contribution in [0.4, 0.5) is 0 Å². The van der Waals surface area contributed by atoms with Crippen molar-refractivity contribution >= 4 is 12.6 Å². The van der Waals surface area contributed by atoms with Crippen LogP contribution in [0.3, 0.4) is 0 Å². The summed E-state index contributed by atoms with van der Waals surface area (Å²) in [6.07, 6.45) is 0.394. The molecule has 0 spiro atoms. The van der Waals surface area contributed by atoms with Crippen molar-refractivity contribution in [2.24, 2.45) is 0 Å². The van der Waals surface area contributed by atoms with Gasteiger partial charge in [0.05, 0.1) is 12.7 Å². The second-order valence-corrected chi connectivity index (χ2v) is 2.25. The summed E-state index contributed by atoms with van der Waals surface area (Å²) in [5.74, 6) is 0. The second-order valence-electron chi connectivity index (χ2n) is 1.68. The van der Waals surface area contributed by atoms with Gasteiger partial charge in [0, 0.05) is 6.42 Å². The molecular formula is C4H8O2S. The number of hydrogen-bond donors (Lipinski definition) is 2. The van der Waals surface area contributed by atoms with Crippen LogP contribution in [0.25, 0.3) is 0 Å². The highest BCUT2D eigenvalue weighted by Crippen LogP contribution is 2.14. The van der Waals surface area contributed by atoms with Crippen molar-refractivity contribution in [1.82, 2.24) is 0 Å². The van der Waals surface area contributed by atoms with Crippen LogP contribution in [0.15, 0.2) is 0 Å². The highest BCUT2D eigenvalue weighted by Gasteiger charge is 2.19. The fourth-order valence-corrected chi connectivity index (χ4v) is 0.920. The van der Waals surface area contributed by atoms with Crippen molar-refractivity contribution < 1.29 is 9.84 Å². The lowest BCUT2D eigenvalue weighted by Gasteiger charge is -1.93. The van der Waals surface area contributed by atoms with Gasteiger partial charge >= 0.3 is 0 Å². The zero-order valence-corrected chi connectivity index (χ0v) is 4.77. The molecule has 0 aromatic rings. The van der Waals surface area contributed by atoms with E-state index in [1.54, 1.807) is 0 Å². The molecule has 0 aromatic heterocycles. The molecule has 7 heavy (non-hydrogen) atoms. The van der Waals surface area contributed by atoms with Gasteiger partial charge in [-0.25, -0.2) is 0 Å². The number of thiol groups is 1. The van der Waals surface area contributed by atoms with E-state index in [-0.39, 0.29) is 11.5 Å². The van der Waals surface area contributed by atoms with Gasteiger partial charge in [-0.15, -0.1) is 12.6 Å². The molecule has 1 fully saturated rings. The molecule has 2 atom stereocenters. The molecule has 0 amide bonds. The number of hydrogen-bond acceptors (Lipinski definition) is 3. The first kappa shape index (κ1) is 5.41. The Balaban J connectivity index is 2.26. The van der Waals surface area contributed by atoms with E-state index in [9.17, 15) is 0 Å². The molecule has 1 aliphatic rings. The topological polar surface area (TPSA) is 29.5 Å². The molecule has 3 heteroatoms. The van der Waals surface area contributed by atoms with Gasteiger partial charge < -0.3 is 9.84 Å². The Morgan fingerprint density at radius 1 is 1.71 bits per heavy atom. The molecule has 42 valence electrons. The highest BCUT2D eigenvalue weighted by atomic mass is 32.1. The molecule has 0 radical (unpaired) electrons. The molecule has 1 aliphatic heterocycles.